The molecular formula is C17H16BrF2NO3. The number of nitrogens with one attached hydrogen (secondary N) is 1. The van der Waals surface area contributed by atoms with E-state index in [9.17, 15) is 8.78 Å². The van der Waals surface area contributed by atoms with Gasteiger partial charge in [-0.05, 0) is 30.3 Å². The first-order valence-electron chi connectivity index (χ1n) is 7.44. The Kier molecular flexibility index (Phi) is 5.52. The summed E-state index contributed by atoms with van der Waals surface area (Å²) < 4.78 is 41.7. The van der Waals surface area contributed by atoms with E-state index in [0.29, 0.717) is 31.0 Å². The zero-order valence-corrected chi connectivity index (χ0v) is 14.3. The third kappa shape index (κ3) is 4.36. The third-order valence-corrected chi connectivity index (χ3v) is 3.99. The highest BCUT2D eigenvalue weighted by molar-refractivity contribution is 9.10. The van der Waals surface area contributed by atoms with E-state index in [-0.39, 0.29) is 11.9 Å². The molecule has 0 fully saturated rings. The van der Waals surface area contributed by atoms with Gasteiger partial charge in [0.1, 0.15) is 18.5 Å². The summed E-state index contributed by atoms with van der Waals surface area (Å²) >= 11 is 3.33. The molecule has 0 saturated carbocycles. The van der Waals surface area contributed by atoms with Gasteiger partial charge >= 0.3 is 6.61 Å². The molecule has 1 N–H and O–H groups in total. The van der Waals surface area contributed by atoms with Crippen molar-refractivity contribution in [1.29, 1.82) is 0 Å². The number of alkyl halides is 2. The third-order valence-electron chi connectivity index (χ3n) is 3.49. The second kappa shape index (κ2) is 7.81. The predicted octanol–water partition coefficient (Wildman–Crippen LogP) is 3.98. The monoisotopic (exact) mass is 399 g/mol. The molecule has 0 amide bonds. The van der Waals surface area contributed by atoms with E-state index in [1.807, 2.05) is 24.3 Å². The average Bonchev–Trinajstić information content (AvgIpc) is 2.57. The molecule has 24 heavy (non-hydrogen) atoms. The van der Waals surface area contributed by atoms with Crippen molar-refractivity contribution in [2.75, 3.05) is 13.2 Å². The number of para-hydroxylation sites is 2. The second-order valence-corrected chi connectivity index (χ2v) is 6.17. The fourth-order valence-electron chi connectivity index (χ4n) is 2.43. The lowest BCUT2D eigenvalue weighted by atomic mass is 10.2. The summed E-state index contributed by atoms with van der Waals surface area (Å²) in [7, 11) is 0. The molecule has 0 saturated heterocycles. The van der Waals surface area contributed by atoms with Crippen molar-refractivity contribution >= 4 is 15.9 Å². The number of hydrogen-bond donors (Lipinski definition) is 1. The Morgan fingerprint density at radius 3 is 2.79 bits per heavy atom. The van der Waals surface area contributed by atoms with Gasteiger partial charge < -0.3 is 19.5 Å². The summed E-state index contributed by atoms with van der Waals surface area (Å²) in [4.78, 5) is 0. The van der Waals surface area contributed by atoms with Gasteiger partial charge in [-0.25, -0.2) is 0 Å². The van der Waals surface area contributed by atoms with Gasteiger partial charge in [0.05, 0.1) is 0 Å². The van der Waals surface area contributed by atoms with Crippen molar-refractivity contribution in [2.45, 2.75) is 19.3 Å². The van der Waals surface area contributed by atoms with E-state index >= 15 is 0 Å². The maximum atomic E-state index is 12.5. The first kappa shape index (κ1) is 17.0. The first-order valence-corrected chi connectivity index (χ1v) is 8.23. The average molecular weight is 400 g/mol. The van der Waals surface area contributed by atoms with Crippen LogP contribution in [0.4, 0.5) is 8.78 Å². The minimum atomic E-state index is -2.85. The van der Waals surface area contributed by atoms with Crippen LogP contribution < -0.4 is 19.5 Å². The molecule has 2 aromatic carbocycles. The Balaban J connectivity index is 1.56. The van der Waals surface area contributed by atoms with Gasteiger partial charge in [-0.15, -0.1) is 0 Å². The van der Waals surface area contributed by atoms with Crippen LogP contribution in [-0.4, -0.2) is 25.9 Å². The smallest absolute Gasteiger partial charge is 0.387 e. The Labute approximate surface area is 146 Å². The van der Waals surface area contributed by atoms with Crippen LogP contribution in [0.1, 0.15) is 5.56 Å². The molecule has 0 unspecified atom stereocenters. The summed E-state index contributed by atoms with van der Waals surface area (Å²) in [6.07, 6.45) is -0.147. The Morgan fingerprint density at radius 2 is 2.00 bits per heavy atom. The van der Waals surface area contributed by atoms with Crippen LogP contribution in [0, 0.1) is 0 Å². The molecule has 0 aromatic heterocycles. The molecule has 2 aromatic rings. The highest BCUT2D eigenvalue weighted by atomic mass is 79.9. The number of halogens is 3. The van der Waals surface area contributed by atoms with Crippen molar-refractivity contribution in [2.24, 2.45) is 0 Å². The van der Waals surface area contributed by atoms with Crippen LogP contribution in [0.15, 0.2) is 46.9 Å². The van der Waals surface area contributed by atoms with E-state index in [0.717, 1.165) is 10.2 Å². The summed E-state index contributed by atoms with van der Waals surface area (Å²) in [6, 6.07) is 12.4. The molecule has 0 bridgehead atoms. The normalized spacial score (nSPS) is 16.2. The Morgan fingerprint density at radius 1 is 1.21 bits per heavy atom. The molecule has 1 aliphatic rings. The Hall–Kier alpha value is -1.86. The van der Waals surface area contributed by atoms with Crippen LogP contribution in [0.3, 0.4) is 0 Å². The number of benzene rings is 2. The molecule has 0 aliphatic carbocycles. The molecule has 0 radical (unpaired) electrons. The van der Waals surface area contributed by atoms with Gasteiger partial charge in [-0.3, -0.25) is 0 Å². The number of fused-ring (bicyclic) bond motifs is 1. The molecule has 128 valence electrons. The predicted molar refractivity (Wildman–Crippen MR) is 88.8 cm³/mol. The number of hydrogen-bond acceptors (Lipinski definition) is 4. The largest absolute Gasteiger partial charge is 0.486 e. The first-order chi connectivity index (χ1) is 11.6. The lowest BCUT2D eigenvalue weighted by molar-refractivity contribution is -0.0505. The quantitative estimate of drug-likeness (QED) is 0.797. The van der Waals surface area contributed by atoms with Gasteiger partial charge in [0, 0.05) is 23.1 Å². The van der Waals surface area contributed by atoms with Crippen LogP contribution in [0.5, 0.6) is 17.2 Å². The maximum Gasteiger partial charge on any atom is 0.387 e. The molecule has 0 spiro atoms. The van der Waals surface area contributed by atoms with Crippen LogP contribution in [0.2, 0.25) is 0 Å². The van der Waals surface area contributed by atoms with E-state index in [2.05, 4.69) is 26.0 Å². The fourth-order valence-corrected chi connectivity index (χ4v) is 2.84. The van der Waals surface area contributed by atoms with Crippen LogP contribution in [0.25, 0.3) is 0 Å². The zero-order valence-electron chi connectivity index (χ0n) is 12.7. The molecule has 1 atom stereocenters. The van der Waals surface area contributed by atoms with Gasteiger partial charge in [-0.1, -0.05) is 28.1 Å². The lowest BCUT2D eigenvalue weighted by Crippen LogP contribution is -2.38. The fraction of sp³-hybridized carbons (Fsp3) is 0.294. The van der Waals surface area contributed by atoms with Crippen molar-refractivity contribution in [3.05, 3.63) is 52.5 Å². The maximum absolute atomic E-state index is 12.5. The standard InChI is InChI=1S/C17H16BrF2NO3/c18-12-5-6-14(24-17(19)20)11(7-12)8-21-9-13-10-22-15-3-1-2-4-16(15)23-13/h1-7,13,17,21H,8-10H2/t13-/m1/s1. The lowest BCUT2D eigenvalue weighted by Gasteiger charge is -2.26. The van der Waals surface area contributed by atoms with Gasteiger partial charge in [0.2, 0.25) is 0 Å². The SMILES string of the molecule is FC(F)Oc1ccc(Br)cc1CNC[C@@H]1COc2ccccc2O1. The molecule has 1 heterocycles. The van der Waals surface area contributed by atoms with Crippen molar-refractivity contribution in [3.8, 4) is 17.2 Å². The molecule has 1 aliphatic heterocycles. The highest BCUT2D eigenvalue weighted by Crippen LogP contribution is 2.30. The van der Waals surface area contributed by atoms with Gasteiger partial charge in [0.25, 0.3) is 0 Å². The number of rotatable bonds is 6. The highest BCUT2D eigenvalue weighted by Gasteiger charge is 2.20. The molecule has 4 nitrogen and oxygen atoms in total. The molecular weight excluding hydrogens is 384 g/mol. The summed E-state index contributed by atoms with van der Waals surface area (Å²) in [5, 5.41) is 3.19. The van der Waals surface area contributed by atoms with Crippen LogP contribution in [-0.2, 0) is 6.54 Å². The minimum absolute atomic E-state index is 0.147. The van der Waals surface area contributed by atoms with E-state index in [4.69, 9.17) is 9.47 Å². The second-order valence-electron chi connectivity index (χ2n) is 5.26. The van der Waals surface area contributed by atoms with E-state index in [1.54, 1.807) is 12.1 Å². The topological polar surface area (TPSA) is 39.7 Å². The zero-order chi connectivity index (χ0) is 16.9. The van der Waals surface area contributed by atoms with Crippen molar-refractivity contribution < 1.29 is 23.0 Å². The van der Waals surface area contributed by atoms with Gasteiger partial charge in [0.15, 0.2) is 11.5 Å². The minimum Gasteiger partial charge on any atom is -0.486 e. The van der Waals surface area contributed by atoms with E-state index < -0.39 is 6.61 Å². The summed E-state index contributed by atoms with van der Waals surface area (Å²) in [6.45, 7) is -1.52. The summed E-state index contributed by atoms with van der Waals surface area (Å²) in [5.74, 6) is 1.60. The van der Waals surface area contributed by atoms with Crippen molar-refractivity contribution in [1.82, 2.24) is 5.32 Å². The van der Waals surface area contributed by atoms with Crippen molar-refractivity contribution in [3.63, 3.8) is 0 Å². The van der Waals surface area contributed by atoms with E-state index in [1.165, 1.54) is 6.07 Å². The van der Waals surface area contributed by atoms with Gasteiger partial charge in [-0.2, -0.15) is 8.78 Å². The molecule has 7 heteroatoms. The summed E-state index contributed by atoms with van der Waals surface area (Å²) in [5.41, 5.74) is 0.641. The molecule has 3 rings (SSSR count). The number of ether oxygens (including phenoxy) is 3. The Bertz CT molecular complexity index is 699. The van der Waals surface area contributed by atoms with Crippen LogP contribution >= 0.6 is 15.9 Å².